The Kier molecular flexibility index (Phi) is 3.49. The van der Waals surface area contributed by atoms with Gasteiger partial charge < -0.3 is 9.58 Å². The van der Waals surface area contributed by atoms with E-state index in [1.165, 1.54) is 22.9 Å². The highest BCUT2D eigenvalue weighted by Crippen LogP contribution is 2.24. The normalized spacial score (nSPS) is 11.3. The molecule has 20 heavy (non-hydrogen) atoms. The molecular weight excluding hydrogens is 259 g/mol. The van der Waals surface area contributed by atoms with E-state index in [0.29, 0.717) is 16.5 Å². The van der Waals surface area contributed by atoms with Crippen molar-refractivity contribution in [2.75, 3.05) is 0 Å². The van der Waals surface area contributed by atoms with E-state index in [0.717, 1.165) is 0 Å². The molecule has 0 aliphatic heterocycles. The number of hydrogen-bond donors (Lipinski definition) is 0. The first-order valence-electron chi connectivity index (χ1n) is 6.18. The number of halogens is 1. The summed E-state index contributed by atoms with van der Waals surface area (Å²) in [5.74, 6) is -0.435. The molecule has 0 radical (unpaired) electrons. The summed E-state index contributed by atoms with van der Waals surface area (Å²) in [7, 11) is 0. The van der Waals surface area contributed by atoms with Crippen LogP contribution in [0.1, 0.15) is 26.3 Å². The number of hydrogen-bond acceptors (Lipinski definition) is 2. The van der Waals surface area contributed by atoms with E-state index in [-0.39, 0.29) is 6.54 Å². The molecule has 0 N–H and O–H groups in total. The Morgan fingerprint density at radius 1 is 1.45 bits per heavy atom. The standard InChI is InChI=1S/C15H15FN2O2/c1-15(2,3)20-14(19)18-9-10(8-17-4)12-6-5-11(16)7-13(12)18/h5-7,9H,8H2,1-3H3. The summed E-state index contributed by atoms with van der Waals surface area (Å²) in [5, 5.41) is 0.688. The Labute approximate surface area is 116 Å². The highest BCUT2D eigenvalue weighted by molar-refractivity contribution is 5.92. The van der Waals surface area contributed by atoms with Crippen LogP contribution < -0.4 is 0 Å². The van der Waals surface area contributed by atoms with Gasteiger partial charge in [-0.25, -0.2) is 15.8 Å². The molecule has 0 atom stereocenters. The van der Waals surface area contributed by atoms with Gasteiger partial charge in [0, 0.05) is 11.6 Å². The van der Waals surface area contributed by atoms with E-state index >= 15 is 0 Å². The molecule has 0 spiro atoms. The van der Waals surface area contributed by atoms with E-state index < -0.39 is 17.5 Å². The van der Waals surface area contributed by atoms with Crippen molar-refractivity contribution in [1.29, 1.82) is 0 Å². The van der Waals surface area contributed by atoms with Gasteiger partial charge >= 0.3 is 6.09 Å². The third kappa shape index (κ3) is 2.80. The number of carbonyl (C=O) groups excluding carboxylic acids is 1. The smallest absolute Gasteiger partial charge is 0.419 e. The van der Waals surface area contributed by atoms with E-state index in [4.69, 9.17) is 11.3 Å². The fourth-order valence-corrected chi connectivity index (χ4v) is 1.94. The van der Waals surface area contributed by atoms with Crippen LogP contribution in [-0.4, -0.2) is 16.3 Å². The van der Waals surface area contributed by atoms with Crippen LogP contribution in [0.3, 0.4) is 0 Å². The van der Waals surface area contributed by atoms with Gasteiger partial charge in [0.25, 0.3) is 0 Å². The Balaban J connectivity index is 2.55. The summed E-state index contributed by atoms with van der Waals surface area (Å²) in [6.45, 7) is 12.4. The van der Waals surface area contributed by atoms with Crippen molar-refractivity contribution in [3.63, 3.8) is 0 Å². The summed E-state index contributed by atoms with van der Waals surface area (Å²) in [4.78, 5) is 15.5. The SMILES string of the molecule is [C-]#[N+]Cc1cn(C(=O)OC(C)(C)C)c2cc(F)ccc12. The molecule has 1 heterocycles. The number of nitrogens with zero attached hydrogens (tertiary/aromatic N) is 2. The van der Waals surface area contributed by atoms with Crippen molar-refractivity contribution in [2.24, 2.45) is 0 Å². The second kappa shape index (κ2) is 4.97. The van der Waals surface area contributed by atoms with Gasteiger partial charge in [-0.2, -0.15) is 0 Å². The van der Waals surface area contributed by atoms with Crippen LogP contribution in [0.25, 0.3) is 15.7 Å². The highest BCUT2D eigenvalue weighted by Gasteiger charge is 2.21. The van der Waals surface area contributed by atoms with Gasteiger partial charge in [0.15, 0.2) is 0 Å². The Morgan fingerprint density at radius 3 is 2.75 bits per heavy atom. The second-order valence-electron chi connectivity index (χ2n) is 5.48. The van der Waals surface area contributed by atoms with Gasteiger partial charge in [0.1, 0.15) is 11.4 Å². The van der Waals surface area contributed by atoms with E-state index in [1.807, 2.05) is 0 Å². The number of rotatable bonds is 1. The Morgan fingerprint density at radius 2 is 2.15 bits per heavy atom. The first-order valence-corrected chi connectivity index (χ1v) is 6.18. The minimum Gasteiger partial charge on any atom is -0.443 e. The minimum absolute atomic E-state index is 0.137. The molecule has 0 amide bonds. The lowest BCUT2D eigenvalue weighted by Crippen LogP contribution is -2.26. The Bertz CT molecular complexity index is 705. The van der Waals surface area contributed by atoms with E-state index in [1.54, 1.807) is 26.8 Å². The number of fused-ring (bicyclic) bond motifs is 1. The van der Waals surface area contributed by atoms with Crippen LogP contribution in [-0.2, 0) is 11.3 Å². The topological polar surface area (TPSA) is 35.6 Å². The lowest BCUT2D eigenvalue weighted by molar-refractivity contribution is 0.0544. The number of aromatic nitrogens is 1. The molecule has 0 fully saturated rings. The quantitative estimate of drug-likeness (QED) is 0.737. The summed E-state index contributed by atoms with van der Waals surface area (Å²) < 4.78 is 19.9. The van der Waals surface area contributed by atoms with Crippen molar-refractivity contribution >= 4 is 17.0 Å². The molecule has 0 saturated carbocycles. The average Bonchev–Trinajstić information content (AvgIpc) is 2.66. The zero-order chi connectivity index (χ0) is 14.9. The molecule has 2 rings (SSSR count). The number of carbonyl (C=O) groups is 1. The lowest BCUT2D eigenvalue weighted by Gasteiger charge is -2.19. The summed E-state index contributed by atoms with van der Waals surface area (Å²) in [6, 6.07) is 4.16. The highest BCUT2D eigenvalue weighted by atomic mass is 19.1. The monoisotopic (exact) mass is 274 g/mol. The van der Waals surface area contributed by atoms with E-state index in [9.17, 15) is 9.18 Å². The molecule has 0 aliphatic carbocycles. The van der Waals surface area contributed by atoms with E-state index in [2.05, 4.69) is 4.85 Å². The molecule has 2 aromatic rings. The number of ether oxygens (including phenoxy) is 1. The molecule has 1 aromatic heterocycles. The molecule has 1 aromatic carbocycles. The zero-order valence-corrected chi connectivity index (χ0v) is 11.6. The third-order valence-corrected chi connectivity index (χ3v) is 2.69. The van der Waals surface area contributed by atoms with Crippen LogP contribution in [0.4, 0.5) is 9.18 Å². The summed E-state index contributed by atoms with van der Waals surface area (Å²) in [5.41, 5.74) is 0.458. The Hall–Kier alpha value is -2.35. The van der Waals surface area contributed by atoms with Gasteiger partial charge in [-0.15, -0.1) is 0 Å². The molecule has 0 bridgehead atoms. The molecule has 0 saturated heterocycles. The van der Waals surface area contributed by atoms with Crippen LogP contribution in [0.5, 0.6) is 0 Å². The van der Waals surface area contributed by atoms with Gasteiger partial charge in [0.2, 0.25) is 6.54 Å². The average molecular weight is 274 g/mol. The van der Waals surface area contributed by atoms with Crippen molar-refractivity contribution in [2.45, 2.75) is 32.9 Å². The van der Waals surface area contributed by atoms with Gasteiger partial charge in [-0.05, 0) is 39.0 Å². The van der Waals surface area contributed by atoms with Crippen LogP contribution in [0.15, 0.2) is 24.4 Å². The summed E-state index contributed by atoms with van der Waals surface area (Å²) in [6.07, 6.45) is 0.959. The van der Waals surface area contributed by atoms with Crippen LogP contribution in [0.2, 0.25) is 0 Å². The minimum atomic E-state index is -0.638. The van der Waals surface area contributed by atoms with Crippen molar-refractivity contribution in [3.05, 3.63) is 47.2 Å². The molecule has 4 nitrogen and oxygen atoms in total. The maximum absolute atomic E-state index is 13.4. The van der Waals surface area contributed by atoms with Crippen LogP contribution in [0, 0.1) is 12.4 Å². The second-order valence-corrected chi connectivity index (χ2v) is 5.48. The first-order chi connectivity index (χ1) is 9.31. The fourth-order valence-electron chi connectivity index (χ4n) is 1.94. The predicted octanol–water partition coefficient (Wildman–Crippen LogP) is 3.98. The van der Waals surface area contributed by atoms with Gasteiger partial charge in [0.05, 0.1) is 11.1 Å². The third-order valence-electron chi connectivity index (χ3n) is 2.69. The molecule has 104 valence electrons. The first kappa shape index (κ1) is 14.1. The van der Waals surface area contributed by atoms with Gasteiger partial charge in [-0.3, -0.25) is 4.57 Å². The zero-order valence-electron chi connectivity index (χ0n) is 11.6. The van der Waals surface area contributed by atoms with Crippen LogP contribution >= 0.6 is 0 Å². The molecule has 0 unspecified atom stereocenters. The predicted molar refractivity (Wildman–Crippen MR) is 73.8 cm³/mol. The maximum atomic E-state index is 13.4. The molecule has 0 aliphatic rings. The van der Waals surface area contributed by atoms with Crippen molar-refractivity contribution in [3.8, 4) is 0 Å². The largest absolute Gasteiger partial charge is 0.443 e. The fraction of sp³-hybridized carbons (Fsp3) is 0.333. The van der Waals surface area contributed by atoms with Crippen molar-refractivity contribution < 1.29 is 13.9 Å². The number of benzene rings is 1. The van der Waals surface area contributed by atoms with Gasteiger partial charge in [-0.1, -0.05) is 0 Å². The maximum Gasteiger partial charge on any atom is 0.419 e. The summed E-state index contributed by atoms with van der Waals surface area (Å²) >= 11 is 0. The lowest BCUT2D eigenvalue weighted by atomic mass is 10.2. The van der Waals surface area contributed by atoms with Crippen molar-refractivity contribution in [1.82, 2.24) is 4.57 Å². The molecule has 5 heteroatoms. The molecular formula is C15H15FN2O2.